The van der Waals surface area contributed by atoms with Gasteiger partial charge in [0.25, 0.3) is 0 Å². The van der Waals surface area contributed by atoms with Gasteiger partial charge >= 0.3 is 0 Å². The molecule has 0 spiro atoms. The highest BCUT2D eigenvalue weighted by atomic mass is 79.9. The molecule has 0 unspecified atom stereocenters. The van der Waals surface area contributed by atoms with Gasteiger partial charge in [0.05, 0.1) is 6.54 Å². The van der Waals surface area contributed by atoms with Gasteiger partial charge in [0.2, 0.25) is 5.91 Å². The Balaban J connectivity index is 1.73. The lowest BCUT2D eigenvalue weighted by molar-refractivity contribution is -0.120. The van der Waals surface area contributed by atoms with Crippen molar-refractivity contribution < 1.29 is 9.18 Å². The van der Waals surface area contributed by atoms with Gasteiger partial charge < -0.3 is 10.6 Å². The van der Waals surface area contributed by atoms with Crippen LogP contribution >= 0.6 is 15.9 Å². The third kappa shape index (κ3) is 4.58. The maximum absolute atomic E-state index is 13.5. The van der Waals surface area contributed by atoms with E-state index in [1.54, 1.807) is 12.1 Å². The number of halogens is 2. The van der Waals surface area contributed by atoms with E-state index in [-0.39, 0.29) is 18.3 Å². The molecule has 2 rings (SSSR count). The van der Waals surface area contributed by atoms with E-state index in [4.69, 9.17) is 0 Å². The summed E-state index contributed by atoms with van der Waals surface area (Å²) >= 11 is 3.30. The summed E-state index contributed by atoms with van der Waals surface area (Å²) in [6.45, 7) is 0.575. The number of hydrogen-bond donors (Lipinski definition) is 2. The van der Waals surface area contributed by atoms with Crippen LogP contribution in [0.4, 0.5) is 4.39 Å². The lowest BCUT2D eigenvalue weighted by Crippen LogP contribution is -2.39. The summed E-state index contributed by atoms with van der Waals surface area (Å²) in [4.78, 5) is 11.7. The van der Waals surface area contributed by atoms with Crippen molar-refractivity contribution in [2.75, 3.05) is 6.54 Å². The van der Waals surface area contributed by atoms with E-state index in [2.05, 4.69) is 26.6 Å². The maximum atomic E-state index is 13.5. The fourth-order valence-electron chi connectivity index (χ4n) is 2.34. The average molecular weight is 329 g/mol. The SMILES string of the molecule is O=C(CNCc1cc(Br)ccc1F)NC1CCCC1. The van der Waals surface area contributed by atoms with Crippen molar-refractivity contribution >= 4 is 21.8 Å². The predicted octanol–water partition coefficient (Wildman–Crippen LogP) is 2.74. The standard InChI is InChI=1S/C14H18BrFN2O/c15-11-5-6-13(16)10(7-11)8-17-9-14(19)18-12-3-1-2-4-12/h5-7,12,17H,1-4,8-9H2,(H,18,19). The van der Waals surface area contributed by atoms with E-state index in [1.165, 1.54) is 18.9 Å². The van der Waals surface area contributed by atoms with Gasteiger partial charge in [-0.05, 0) is 31.0 Å². The Morgan fingerprint density at radius 2 is 2.11 bits per heavy atom. The molecular weight excluding hydrogens is 311 g/mol. The Bertz CT molecular complexity index is 447. The summed E-state index contributed by atoms with van der Waals surface area (Å²) in [5.41, 5.74) is 0.558. The van der Waals surface area contributed by atoms with Crippen LogP contribution in [0.5, 0.6) is 0 Å². The summed E-state index contributed by atoms with van der Waals surface area (Å²) in [7, 11) is 0. The van der Waals surface area contributed by atoms with E-state index in [0.29, 0.717) is 18.2 Å². The van der Waals surface area contributed by atoms with E-state index in [0.717, 1.165) is 17.3 Å². The molecule has 5 heteroatoms. The Hall–Kier alpha value is -0.940. The Kier molecular flexibility index (Phi) is 5.34. The number of amides is 1. The van der Waals surface area contributed by atoms with Crippen molar-refractivity contribution in [1.29, 1.82) is 0 Å². The molecule has 104 valence electrons. The summed E-state index contributed by atoms with van der Waals surface area (Å²) < 4.78 is 14.3. The number of nitrogens with one attached hydrogen (secondary N) is 2. The van der Waals surface area contributed by atoms with Crippen LogP contribution in [0.3, 0.4) is 0 Å². The molecule has 0 saturated heterocycles. The lowest BCUT2D eigenvalue weighted by atomic mass is 10.2. The molecule has 1 aromatic rings. The van der Waals surface area contributed by atoms with Gasteiger partial charge in [-0.2, -0.15) is 0 Å². The van der Waals surface area contributed by atoms with E-state index < -0.39 is 0 Å². The van der Waals surface area contributed by atoms with Gasteiger partial charge in [-0.3, -0.25) is 4.79 Å². The van der Waals surface area contributed by atoms with Gasteiger partial charge in [0, 0.05) is 22.6 Å². The first-order valence-corrected chi connectivity index (χ1v) is 7.38. The zero-order valence-corrected chi connectivity index (χ0v) is 12.3. The first-order valence-electron chi connectivity index (χ1n) is 6.59. The second-order valence-corrected chi connectivity index (χ2v) is 5.80. The number of carbonyl (C=O) groups excluding carboxylic acids is 1. The van der Waals surface area contributed by atoms with Crippen LogP contribution in [0, 0.1) is 5.82 Å². The van der Waals surface area contributed by atoms with Crippen LogP contribution < -0.4 is 10.6 Å². The molecule has 19 heavy (non-hydrogen) atoms. The molecule has 1 amide bonds. The summed E-state index contributed by atoms with van der Waals surface area (Å²) in [5, 5.41) is 5.96. The van der Waals surface area contributed by atoms with Crippen molar-refractivity contribution in [3.8, 4) is 0 Å². The quantitative estimate of drug-likeness (QED) is 0.872. The first kappa shape index (κ1) is 14.5. The third-order valence-corrected chi connectivity index (χ3v) is 3.82. The van der Waals surface area contributed by atoms with Crippen LogP contribution in [0.25, 0.3) is 0 Å². The predicted molar refractivity (Wildman–Crippen MR) is 76.2 cm³/mol. The highest BCUT2D eigenvalue weighted by Gasteiger charge is 2.16. The number of rotatable bonds is 5. The number of benzene rings is 1. The van der Waals surface area contributed by atoms with Gasteiger partial charge in [-0.15, -0.1) is 0 Å². The van der Waals surface area contributed by atoms with Crippen LogP contribution in [0.1, 0.15) is 31.2 Å². The second kappa shape index (κ2) is 7.01. The minimum Gasteiger partial charge on any atom is -0.352 e. The topological polar surface area (TPSA) is 41.1 Å². The lowest BCUT2D eigenvalue weighted by Gasteiger charge is -2.12. The molecule has 0 aliphatic heterocycles. The molecule has 1 aliphatic rings. The molecule has 1 aromatic carbocycles. The van der Waals surface area contributed by atoms with Crippen molar-refractivity contribution in [3.05, 3.63) is 34.1 Å². The fraction of sp³-hybridized carbons (Fsp3) is 0.500. The van der Waals surface area contributed by atoms with Crippen molar-refractivity contribution in [3.63, 3.8) is 0 Å². The highest BCUT2D eigenvalue weighted by Crippen LogP contribution is 2.17. The molecule has 3 nitrogen and oxygen atoms in total. The molecule has 0 heterocycles. The van der Waals surface area contributed by atoms with Crippen molar-refractivity contribution in [1.82, 2.24) is 10.6 Å². The molecule has 2 N–H and O–H groups in total. The molecule has 1 fully saturated rings. The minimum absolute atomic E-state index is 0.0118. The first-order chi connectivity index (χ1) is 9.15. The monoisotopic (exact) mass is 328 g/mol. The molecule has 0 radical (unpaired) electrons. The normalized spacial score (nSPS) is 15.7. The molecule has 0 atom stereocenters. The third-order valence-electron chi connectivity index (χ3n) is 3.33. The average Bonchev–Trinajstić information content (AvgIpc) is 2.86. The summed E-state index contributed by atoms with van der Waals surface area (Å²) in [6.07, 6.45) is 4.54. The van der Waals surface area contributed by atoms with E-state index in [1.807, 2.05) is 0 Å². The van der Waals surface area contributed by atoms with E-state index >= 15 is 0 Å². The largest absolute Gasteiger partial charge is 0.352 e. The van der Waals surface area contributed by atoms with Crippen LogP contribution in [-0.2, 0) is 11.3 Å². The van der Waals surface area contributed by atoms with Crippen LogP contribution in [0.2, 0.25) is 0 Å². The zero-order valence-electron chi connectivity index (χ0n) is 10.7. The van der Waals surface area contributed by atoms with Gasteiger partial charge in [0.1, 0.15) is 5.82 Å². The molecule has 0 aromatic heterocycles. The van der Waals surface area contributed by atoms with Gasteiger partial charge in [-0.25, -0.2) is 4.39 Å². The number of carbonyl (C=O) groups is 1. The highest BCUT2D eigenvalue weighted by molar-refractivity contribution is 9.10. The molecular formula is C14H18BrFN2O. The Morgan fingerprint density at radius 1 is 1.37 bits per heavy atom. The smallest absolute Gasteiger partial charge is 0.234 e. The van der Waals surface area contributed by atoms with Crippen molar-refractivity contribution in [2.24, 2.45) is 0 Å². The summed E-state index contributed by atoms with van der Waals surface area (Å²) in [6, 6.07) is 5.12. The fourth-order valence-corrected chi connectivity index (χ4v) is 2.75. The van der Waals surface area contributed by atoms with Gasteiger partial charge in [0.15, 0.2) is 0 Å². The minimum atomic E-state index is -0.257. The molecule has 1 saturated carbocycles. The Labute approximate surface area is 121 Å². The summed E-state index contributed by atoms with van der Waals surface area (Å²) in [5.74, 6) is -0.269. The van der Waals surface area contributed by atoms with Crippen LogP contribution in [0.15, 0.2) is 22.7 Å². The van der Waals surface area contributed by atoms with Gasteiger partial charge in [-0.1, -0.05) is 28.8 Å². The zero-order chi connectivity index (χ0) is 13.7. The van der Waals surface area contributed by atoms with Crippen LogP contribution in [-0.4, -0.2) is 18.5 Å². The second-order valence-electron chi connectivity index (χ2n) is 4.89. The van der Waals surface area contributed by atoms with E-state index in [9.17, 15) is 9.18 Å². The molecule has 0 bridgehead atoms. The Morgan fingerprint density at radius 3 is 2.84 bits per heavy atom. The molecule has 1 aliphatic carbocycles. The van der Waals surface area contributed by atoms with Crippen molar-refractivity contribution in [2.45, 2.75) is 38.3 Å². The number of hydrogen-bond acceptors (Lipinski definition) is 2. The maximum Gasteiger partial charge on any atom is 0.234 e.